The number of anilines is 1. The van der Waals surface area contributed by atoms with Crippen molar-refractivity contribution in [2.24, 2.45) is 5.92 Å². The van der Waals surface area contributed by atoms with Crippen molar-refractivity contribution < 1.29 is 9.90 Å². The highest BCUT2D eigenvalue weighted by Gasteiger charge is 2.18. The van der Waals surface area contributed by atoms with Crippen LogP contribution < -0.4 is 5.32 Å². The van der Waals surface area contributed by atoms with Gasteiger partial charge in [0.1, 0.15) is 5.75 Å². The lowest BCUT2D eigenvalue weighted by Gasteiger charge is -2.12. The van der Waals surface area contributed by atoms with Crippen molar-refractivity contribution in [3.63, 3.8) is 0 Å². The van der Waals surface area contributed by atoms with Crippen LogP contribution in [0.1, 0.15) is 37.7 Å². The molecule has 92 valence electrons. The van der Waals surface area contributed by atoms with Crippen molar-refractivity contribution in [2.75, 3.05) is 5.32 Å². The molecule has 17 heavy (non-hydrogen) atoms. The van der Waals surface area contributed by atoms with Crippen molar-refractivity contribution in [3.8, 4) is 5.75 Å². The Morgan fingerprint density at radius 3 is 2.82 bits per heavy atom. The van der Waals surface area contributed by atoms with E-state index >= 15 is 0 Å². The van der Waals surface area contributed by atoms with Gasteiger partial charge in [-0.15, -0.1) is 0 Å². The van der Waals surface area contributed by atoms with Crippen LogP contribution >= 0.6 is 0 Å². The van der Waals surface area contributed by atoms with Gasteiger partial charge in [-0.2, -0.15) is 0 Å². The molecule has 1 amide bonds. The zero-order valence-corrected chi connectivity index (χ0v) is 10.2. The molecule has 0 bridgehead atoms. The number of phenols is 1. The van der Waals surface area contributed by atoms with Gasteiger partial charge in [0.05, 0.1) is 0 Å². The molecule has 0 unspecified atom stereocenters. The molecule has 3 heteroatoms. The third-order valence-electron chi connectivity index (χ3n) is 3.53. The number of aromatic hydroxyl groups is 1. The first kappa shape index (κ1) is 12.0. The van der Waals surface area contributed by atoms with Gasteiger partial charge in [0.2, 0.25) is 5.91 Å². The zero-order chi connectivity index (χ0) is 12.3. The van der Waals surface area contributed by atoms with Crippen LogP contribution in [0.2, 0.25) is 0 Å². The van der Waals surface area contributed by atoms with E-state index in [0.29, 0.717) is 18.0 Å². The minimum absolute atomic E-state index is 0.0607. The van der Waals surface area contributed by atoms with Crippen LogP contribution in [0.5, 0.6) is 5.75 Å². The molecule has 1 aliphatic rings. The van der Waals surface area contributed by atoms with Crippen LogP contribution in [0, 0.1) is 12.8 Å². The van der Waals surface area contributed by atoms with Crippen LogP contribution in [0.4, 0.5) is 5.69 Å². The van der Waals surface area contributed by atoms with Crippen molar-refractivity contribution in [3.05, 3.63) is 23.8 Å². The van der Waals surface area contributed by atoms with Gasteiger partial charge >= 0.3 is 0 Å². The molecule has 3 nitrogen and oxygen atoms in total. The van der Waals surface area contributed by atoms with E-state index in [1.165, 1.54) is 25.7 Å². The van der Waals surface area contributed by atoms with Crippen LogP contribution in [0.15, 0.2) is 18.2 Å². The van der Waals surface area contributed by atoms with Gasteiger partial charge in [-0.05, 0) is 37.8 Å². The van der Waals surface area contributed by atoms with Crippen molar-refractivity contribution in [2.45, 2.75) is 39.0 Å². The van der Waals surface area contributed by atoms with E-state index in [9.17, 15) is 9.90 Å². The van der Waals surface area contributed by atoms with Gasteiger partial charge in [0, 0.05) is 17.7 Å². The summed E-state index contributed by atoms with van der Waals surface area (Å²) in [4.78, 5) is 11.8. The lowest BCUT2D eigenvalue weighted by molar-refractivity contribution is -0.117. The van der Waals surface area contributed by atoms with E-state index in [2.05, 4.69) is 5.32 Å². The van der Waals surface area contributed by atoms with Crippen LogP contribution in [-0.2, 0) is 4.79 Å². The number of rotatable bonds is 3. The normalized spacial score (nSPS) is 16.1. The second-order valence-corrected chi connectivity index (χ2v) is 4.85. The van der Waals surface area contributed by atoms with Crippen molar-refractivity contribution in [1.29, 1.82) is 0 Å². The van der Waals surface area contributed by atoms with E-state index in [0.717, 1.165) is 5.56 Å². The molecule has 0 spiro atoms. The summed E-state index contributed by atoms with van der Waals surface area (Å²) in [6.07, 6.45) is 5.46. The molecule has 0 saturated heterocycles. The summed E-state index contributed by atoms with van der Waals surface area (Å²) >= 11 is 0. The van der Waals surface area contributed by atoms with Crippen LogP contribution in [-0.4, -0.2) is 11.0 Å². The Kier molecular flexibility index (Phi) is 3.67. The molecule has 2 rings (SSSR count). The van der Waals surface area contributed by atoms with Crippen molar-refractivity contribution >= 4 is 11.6 Å². The first-order valence-corrected chi connectivity index (χ1v) is 6.25. The molecule has 1 aromatic carbocycles. The molecule has 0 aromatic heterocycles. The summed E-state index contributed by atoms with van der Waals surface area (Å²) in [5.74, 6) is 0.835. The highest BCUT2D eigenvalue weighted by Crippen LogP contribution is 2.29. The van der Waals surface area contributed by atoms with Crippen LogP contribution in [0.3, 0.4) is 0 Å². The lowest BCUT2D eigenvalue weighted by atomic mass is 10.0. The molecular weight excluding hydrogens is 214 g/mol. The smallest absolute Gasteiger partial charge is 0.224 e. The predicted octanol–water partition coefficient (Wildman–Crippen LogP) is 3.22. The molecule has 0 atom stereocenters. The quantitative estimate of drug-likeness (QED) is 0.842. The van der Waals surface area contributed by atoms with Gasteiger partial charge in [-0.25, -0.2) is 0 Å². The van der Waals surface area contributed by atoms with E-state index < -0.39 is 0 Å². The molecule has 1 saturated carbocycles. The first-order valence-electron chi connectivity index (χ1n) is 6.25. The Morgan fingerprint density at radius 2 is 2.12 bits per heavy atom. The number of hydrogen-bond donors (Lipinski definition) is 2. The molecular formula is C14H19NO2. The molecule has 0 aliphatic heterocycles. The molecule has 1 aliphatic carbocycles. The summed E-state index contributed by atoms with van der Waals surface area (Å²) in [6, 6.07) is 5.19. The van der Waals surface area contributed by atoms with E-state index in [4.69, 9.17) is 0 Å². The number of hydrogen-bond acceptors (Lipinski definition) is 2. The maximum absolute atomic E-state index is 11.8. The standard InChI is InChI=1S/C14H19NO2/c1-10-12(7-4-8-13(10)16)15-14(17)9-11-5-2-3-6-11/h4,7-8,11,16H,2-3,5-6,9H2,1H3,(H,15,17). The summed E-state index contributed by atoms with van der Waals surface area (Å²) in [7, 11) is 0. The number of carbonyl (C=O) groups excluding carboxylic acids is 1. The first-order chi connectivity index (χ1) is 8.16. The fraction of sp³-hybridized carbons (Fsp3) is 0.500. The number of nitrogens with one attached hydrogen (secondary N) is 1. The highest BCUT2D eigenvalue weighted by atomic mass is 16.3. The van der Waals surface area contributed by atoms with Gasteiger partial charge in [0.15, 0.2) is 0 Å². The average molecular weight is 233 g/mol. The molecule has 0 radical (unpaired) electrons. The fourth-order valence-corrected chi connectivity index (χ4v) is 2.44. The Balaban J connectivity index is 1.95. The van der Waals surface area contributed by atoms with E-state index in [1.807, 2.05) is 6.07 Å². The van der Waals surface area contributed by atoms with Gasteiger partial charge in [-0.1, -0.05) is 18.9 Å². The maximum Gasteiger partial charge on any atom is 0.224 e. The van der Waals surface area contributed by atoms with Gasteiger partial charge in [0.25, 0.3) is 0 Å². The summed E-state index contributed by atoms with van der Waals surface area (Å²) in [5, 5.41) is 12.4. The lowest BCUT2D eigenvalue weighted by Crippen LogP contribution is -2.15. The minimum atomic E-state index is 0.0607. The second kappa shape index (κ2) is 5.21. The molecule has 1 aromatic rings. The number of amides is 1. The Hall–Kier alpha value is -1.51. The summed E-state index contributed by atoms with van der Waals surface area (Å²) < 4.78 is 0. The van der Waals surface area contributed by atoms with Crippen molar-refractivity contribution in [1.82, 2.24) is 0 Å². The monoisotopic (exact) mass is 233 g/mol. The largest absolute Gasteiger partial charge is 0.508 e. The second-order valence-electron chi connectivity index (χ2n) is 4.85. The number of carbonyl (C=O) groups is 1. The third-order valence-corrected chi connectivity index (χ3v) is 3.53. The Bertz CT molecular complexity index is 409. The molecule has 2 N–H and O–H groups in total. The minimum Gasteiger partial charge on any atom is -0.508 e. The van der Waals surface area contributed by atoms with Crippen LogP contribution in [0.25, 0.3) is 0 Å². The zero-order valence-electron chi connectivity index (χ0n) is 10.2. The summed E-state index contributed by atoms with van der Waals surface area (Å²) in [6.45, 7) is 1.81. The van der Waals surface area contributed by atoms with Gasteiger partial charge < -0.3 is 10.4 Å². The van der Waals surface area contributed by atoms with Gasteiger partial charge in [-0.3, -0.25) is 4.79 Å². The van der Waals surface area contributed by atoms with E-state index in [1.54, 1.807) is 19.1 Å². The number of benzene rings is 1. The average Bonchev–Trinajstić information content (AvgIpc) is 2.77. The highest BCUT2D eigenvalue weighted by molar-refractivity contribution is 5.92. The molecule has 0 heterocycles. The fourth-order valence-electron chi connectivity index (χ4n) is 2.44. The third kappa shape index (κ3) is 2.99. The van der Waals surface area contributed by atoms with E-state index in [-0.39, 0.29) is 11.7 Å². The molecule has 1 fully saturated rings. The topological polar surface area (TPSA) is 49.3 Å². The Morgan fingerprint density at radius 1 is 1.41 bits per heavy atom. The SMILES string of the molecule is Cc1c(O)cccc1NC(=O)CC1CCCC1. The predicted molar refractivity (Wildman–Crippen MR) is 68.0 cm³/mol. The summed E-state index contributed by atoms with van der Waals surface area (Å²) in [5.41, 5.74) is 1.44. The Labute approximate surface area is 102 Å². The maximum atomic E-state index is 11.8. The number of phenolic OH excluding ortho intramolecular Hbond substituents is 1.